The van der Waals surface area contributed by atoms with E-state index in [4.69, 9.17) is 9.72 Å². The lowest BCUT2D eigenvalue weighted by molar-refractivity contribution is 0.185. The SMILES string of the molecule is CCc1nc2scc(-c3ccc(C)cc3)c2c(=O)n1CCOC. The number of rotatable bonds is 5. The van der Waals surface area contributed by atoms with E-state index in [1.165, 1.54) is 16.9 Å². The Labute approximate surface area is 139 Å². The van der Waals surface area contributed by atoms with Crippen molar-refractivity contribution in [2.45, 2.75) is 26.8 Å². The van der Waals surface area contributed by atoms with Crippen molar-refractivity contribution in [2.24, 2.45) is 0 Å². The first-order chi connectivity index (χ1) is 11.2. The van der Waals surface area contributed by atoms with Crippen LogP contribution in [0.2, 0.25) is 0 Å². The summed E-state index contributed by atoms with van der Waals surface area (Å²) in [5, 5.41) is 2.75. The third kappa shape index (κ3) is 2.94. The third-order valence-corrected chi connectivity index (χ3v) is 4.84. The number of aromatic nitrogens is 2. The van der Waals surface area contributed by atoms with Crippen molar-refractivity contribution in [2.75, 3.05) is 13.7 Å². The number of nitrogens with zero attached hydrogens (tertiary/aromatic N) is 2. The second-order valence-corrected chi connectivity index (χ2v) is 6.38. The fourth-order valence-corrected chi connectivity index (χ4v) is 3.65. The summed E-state index contributed by atoms with van der Waals surface area (Å²) in [5.74, 6) is 0.817. The van der Waals surface area contributed by atoms with Crippen molar-refractivity contribution in [3.8, 4) is 11.1 Å². The molecule has 5 heteroatoms. The van der Waals surface area contributed by atoms with Crippen LogP contribution in [0.4, 0.5) is 0 Å². The van der Waals surface area contributed by atoms with Crippen molar-refractivity contribution in [3.05, 3.63) is 51.4 Å². The highest BCUT2D eigenvalue weighted by Gasteiger charge is 2.16. The van der Waals surface area contributed by atoms with Gasteiger partial charge in [-0.05, 0) is 12.5 Å². The van der Waals surface area contributed by atoms with Crippen molar-refractivity contribution < 1.29 is 4.74 Å². The molecule has 0 unspecified atom stereocenters. The van der Waals surface area contributed by atoms with Gasteiger partial charge in [-0.3, -0.25) is 9.36 Å². The lowest BCUT2D eigenvalue weighted by atomic mass is 10.0. The molecule has 3 rings (SSSR count). The van der Waals surface area contributed by atoms with Crippen LogP contribution in [0, 0.1) is 6.92 Å². The Kier molecular flexibility index (Phi) is 4.59. The van der Waals surface area contributed by atoms with E-state index in [0.29, 0.717) is 18.5 Å². The Morgan fingerprint density at radius 2 is 2.00 bits per heavy atom. The average Bonchev–Trinajstić information content (AvgIpc) is 2.98. The van der Waals surface area contributed by atoms with Crippen LogP contribution in [0.3, 0.4) is 0 Å². The van der Waals surface area contributed by atoms with E-state index >= 15 is 0 Å². The maximum absolute atomic E-state index is 13.0. The minimum atomic E-state index is 0.0284. The Bertz CT molecular complexity index is 878. The second kappa shape index (κ2) is 6.64. The number of methoxy groups -OCH3 is 1. The summed E-state index contributed by atoms with van der Waals surface area (Å²) in [6.07, 6.45) is 0.729. The largest absolute Gasteiger partial charge is 0.383 e. The fourth-order valence-electron chi connectivity index (χ4n) is 2.70. The molecule has 2 aromatic heterocycles. The van der Waals surface area contributed by atoms with Crippen LogP contribution in [0.15, 0.2) is 34.4 Å². The molecular formula is C18H20N2O2S. The number of benzene rings is 1. The van der Waals surface area contributed by atoms with Gasteiger partial charge >= 0.3 is 0 Å². The highest BCUT2D eigenvalue weighted by molar-refractivity contribution is 7.17. The van der Waals surface area contributed by atoms with Crippen LogP contribution in [-0.2, 0) is 17.7 Å². The van der Waals surface area contributed by atoms with Crippen LogP contribution in [0.1, 0.15) is 18.3 Å². The molecule has 23 heavy (non-hydrogen) atoms. The molecule has 2 heterocycles. The molecule has 0 N–H and O–H groups in total. The highest BCUT2D eigenvalue weighted by atomic mass is 32.1. The molecule has 1 aromatic carbocycles. The molecule has 0 aliphatic rings. The number of hydrogen-bond donors (Lipinski definition) is 0. The Hall–Kier alpha value is -1.98. The number of hydrogen-bond acceptors (Lipinski definition) is 4. The van der Waals surface area contributed by atoms with Gasteiger partial charge in [-0.1, -0.05) is 36.8 Å². The summed E-state index contributed by atoms with van der Waals surface area (Å²) in [4.78, 5) is 18.5. The Balaban J connectivity index is 2.22. The van der Waals surface area contributed by atoms with Crippen molar-refractivity contribution in [1.82, 2.24) is 9.55 Å². The van der Waals surface area contributed by atoms with Crippen LogP contribution in [0.25, 0.3) is 21.3 Å². The minimum absolute atomic E-state index is 0.0284. The first-order valence-corrected chi connectivity index (χ1v) is 8.60. The normalized spacial score (nSPS) is 11.3. The second-order valence-electron chi connectivity index (χ2n) is 5.53. The molecule has 120 valence electrons. The van der Waals surface area contributed by atoms with Crippen LogP contribution >= 0.6 is 11.3 Å². The van der Waals surface area contributed by atoms with Gasteiger partial charge < -0.3 is 4.74 Å². The average molecular weight is 328 g/mol. The van der Waals surface area contributed by atoms with Gasteiger partial charge in [-0.25, -0.2) is 4.98 Å². The van der Waals surface area contributed by atoms with E-state index < -0.39 is 0 Å². The number of aryl methyl sites for hydroxylation is 2. The molecule has 0 saturated carbocycles. The molecule has 0 aliphatic carbocycles. The first-order valence-electron chi connectivity index (χ1n) is 7.72. The summed E-state index contributed by atoms with van der Waals surface area (Å²) in [6.45, 7) is 5.11. The number of ether oxygens (including phenoxy) is 1. The van der Waals surface area contributed by atoms with Gasteiger partial charge in [0, 0.05) is 24.5 Å². The summed E-state index contributed by atoms with van der Waals surface area (Å²) in [7, 11) is 1.64. The highest BCUT2D eigenvalue weighted by Crippen LogP contribution is 2.31. The summed E-state index contributed by atoms with van der Waals surface area (Å²) in [6, 6.07) is 8.25. The van der Waals surface area contributed by atoms with Crippen LogP contribution < -0.4 is 5.56 Å². The van der Waals surface area contributed by atoms with Gasteiger partial charge in [-0.15, -0.1) is 11.3 Å². The van der Waals surface area contributed by atoms with Crippen molar-refractivity contribution in [1.29, 1.82) is 0 Å². The zero-order chi connectivity index (χ0) is 16.4. The molecule has 0 spiro atoms. The first kappa shape index (κ1) is 15.9. The van der Waals surface area contributed by atoms with E-state index in [9.17, 15) is 4.79 Å². The minimum Gasteiger partial charge on any atom is -0.383 e. The van der Waals surface area contributed by atoms with Gasteiger partial charge in [0.05, 0.1) is 18.5 Å². The zero-order valence-electron chi connectivity index (χ0n) is 13.6. The van der Waals surface area contributed by atoms with Crippen LogP contribution in [0.5, 0.6) is 0 Å². The third-order valence-electron chi connectivity index (χ3n) is 3.97. The monoisotopic (exact) mass is 328 g/mol. The maximum Gasteiger partial charge on any atom is 0.262 e. The lowest BCUT2D eigenvalue weighted by Crippen LogP contribution is -2.26. The summed E-state index contributed by atoms with van der Waals surface area (Å²) < 4.78 is 6.88. The Morgan fingerprint density at radius 1 is 1.26 bits per heavy atom. The van der Waals surface area contributed by atoms with Crippen LogP contribution in [-0.4, -0.2) is 23.3 Å². The molecule has 3 aromatic rings. The fraction of sp³-hybridized carbons (Fsp3) is 0.333. The van der Waals surface area contributed by atoms with E-state index in [1.807, 2.05) is 12.3 Å². The predicted molar refractivity (Wildman–Crippen MR) is 95.3 cm³/mol. The van der Waals surface area contributed by atoms with Gasteiger partial charge in [-0.2, -0.15) is 0 Å². The molecular weight excluding hydrogens is 308 g/mol. The molecule has 0 fully saturated rings. The molecule has 0 amide bonds. The number of thiophene rings is 1. The molecule has 4 nitrogen and oxygen atoms in total. The Morgan fingerprint density at radius 3 is 2.65 bits per heavy atom. The molecule has 0 atom stereocenters. The smallest absolute Gasteiger partial charge is 0.262 e. The van der Waals surface area contributed by atoms with Gasteiger partial charge in [0.1, 0.15) is 10.7 Å². The molecule has 0 radical (unpaired) electrons. The van der Waals surface area contributed by atoms with Crippen molar-refractivity contribution >= 4 is 21.6 Å². The lowest BCUT2D eigenvalue weighted by Gasteiger charge is -2.11. The standard InChI is InChI=1S/C18H20N2O2S/c1-4-15-19-17-16(18(21)20(15)9-10-22-3)14(11-23-17)13-7-5-12(2)6-8-13/h5-8,11H,4,9-10H2,1-3H3. The summed E-state index contributed by atoms with van der Waals surface area (Å²) >= 11 is 1.53. The molecule has 0 aliphatic heterocycles. The van der Waals surface area contributed by atoms with E-state index in [2.05, 4.69) is 31.2 Å². The van der Waals surface area contributed by atoms with Crippen molar-refractivity contribution in [3.63, 3.8) is 0 Å². The van der Waals surface area contributed by atoms with E-state index in [0.717, 1.165) is 28.2 Å². The van der Waals surface area contributed by atoms with E-state index in [-0.39, 0.29) is 5.56 Å². The topological polar surface area (TPSA) is 44.1 Å². The quantitative estimate of drug-likeness (QED) is 0.718. The summed E-state index contributed by atoms with van der Waals surface area (Å²) in [5.41, 5.74) is 3.26. The van der Waals surface area contributed by atoms with Gasteiger partial charge in [0.2, 0.25) is 0 Å². The maximum atomic E-state index is 13.0. The molecule has 0 bridgehead atoms. The van der Waals surface area contributed by atoms with E-state index in [1.54, 1.807) is 11.7 Å². The molecule has 0 saturated heterocycles. The predicted octanol–water partition coefficient (Wildman–Crippen LogP) is 3.64. The number of fused-ring (bicyclic) bond motifs is 1. The zero-order valence-corrected chi connectivity index (χ0v) is 14.4. The van der Waals surface area contributed by atoms with Gasteiger partial charge in [0.25, 0.3) is 5.56 Å². The van der Waals surface area contributed by atoms with Gasteiger partial charge in [0.15, 0.2) is 0 Å².